The summed E-state index contributed by atoms with van der Waals surface area (Å²) in [7, 11) is 0. The summed E-state index contributed by atoms with van der Waals surface area (Å²) in [4.78, 5) is 11.8. The number of para-hydroxylation sites is 1. The minimum Gasteiger partial charge on any atom is -0.397 e. The van der Waals surface area contributed by atoms with Crippen molar-refractivity contribution in [2.24, 2.45) is 0 Å². The van der Waals surface area contributed by atoms with E-state index < -0.39 is 6.03 Å². The van der Waals surface area contributed by atoms with Gasteiger partial charge in [-0.3, -0.25) is 0 Å². The maximum atomic E-state index is 11.8. The fourth-order valence-corrected chi connectivity index (χ4v) is 1.85. The molecular weight excluding hydrogens is 285 g/mol. The molecule has 4 N–H and O–H groups in total. The SMILES string of the molecule is Nc1cc(Cl)ccc1NC(=O)Nc1ccccc1Cl. The summed E-state index contributed by atoms with van der Waals surface area (Å²) in [5.41, 5.74) is 7.13. The van der Waals surface area contributed by atoms with Crippen molar-refractivity contribution >= 4 is 46.3 Å². The molecule has 2 rings (SSSR count). The van der Waals surface area contributed by atoms with Crippen LogP contribution in [0.2, 0.25) is 10.0 Å². The molecule has 0 heterocycles. The molecule has 0 saturated carbocycles. The van der Waals surface area contributed by atoms with Crippen LogP contribution in [0.3, 0.4) is 0 Å². The fraction of sp³-hybridized carbons (Fsp3) is 0. The van der Waals surface area contributed by atoms with Gasteiger partial charge >= 0.3 is 6.03 Å². The summed E-state index contributed by atoms with van der Waals surface area (Å²) in [6.07, 6.45) is 0. The van der Waals surface area contributed by atoms with Gasteiger partial charge in [-0.05, 0) is 30.3 Å². The first kappa shape index (κ1) is 13.5. The third-order valence-corrected chi connectivity index (χ3v) is 2.95. The Morgan fingerprint density at radius 3 is 2.37 bits per heavy atom. The van der Waals surface area contributed by atoms with Crippen LogP contribution < -0.4 is 16.4 Å². The number of hydrogen-bond acceptors (Lipinski definition) is 2. The van der Waals surface area contributed by atoms with Gasteiger partial charge in [-0.15, -0.1) is 0 Å². The van der Waals surface area contributed by atoms with Crippen LogP contribution in [0.1, 0.15) is 0 Å². The number of nitrogens with two attached hydrogens (primary N) is 1. The van der Waals surface area contributed by atoms with Crippen LogP contribution >= 0.6 is 23.2 Å². The number of nitrogen functional groups attached to an aromatic ring is 1. The topological polar surface area (TPSA) is 67.1 Å². The van der Waals surface area contributed by atoms with Crippen molar-refractivity contribution in [3.05, 3.63) is 52.5 Å². The number of nitrogens with one attached hydrogen (secondary N) is 2. The molecule has 0 fully saturated rings. The molecule has 0 saturated heterocycles. The van der Waals surface area contributed by atoms with E-state index in [0.29, 0.717) is 27.1 Å². The lowest BCUT2D eigenvalue weighted by atomic mass is 10.2. The molecule has 0 aliphatic rings. The summed E-state index contributed by atoms with van der Waals surface area (Å²) in [5, 5.41) is 6.22. The lowest BCUT2D eigenvalue weighted by Crippen LogP contribution is -2.20. The Bertz CT molecular complexity index is 617. The van der Waals surface area contributed by atoms with Crippen LogP contribution in [0, 0.1) is 0 Å². The van der Waals surface area contributed by atoms with E-state index in [4.69, 9.17) is 28.9 Å². The van der Waals surface area contributed by atoms with Gasteiger partial charge in [-0.25, -0.2) is 4.79 Å². The maximum absolute atomic E-state index is 11.8. The van der Waals surface area contributed by atoms with Gasteiger partial charge in [0.05, 0.1) is 22.1 Å². The van der Waals surface area contributed by atoms with Crippen LogP contribution in [0.25, 0.3) is 0 Å². The Hall–Kier alpha value is -1.91. The molecule has 4 nitrogen and oxygen atoms in total. The predicted molar refractivity (Wildman–Crippen MR) is 80.0 cm³/mol. The zero-order valence-corrected chi connectivity index (χ0v) is 11.3. The fourth-order valence-electron chi connectivity index (χ4n) is 1.49. The zero-order chi connectivity index (χ0) is 13.8. The van der Waals surface area contributed by atoms with Gasteiger partial charge in [0, 0.05) is 5.02 Å². The second-order valence-electron chi connectivity index (χ2n) is 3.79. The van der Waals surface area contributed by atoms with Crippen molar-refractivity contribution in [2.45, 2.75) is 0 Å². The summed E-state index contributed by atoms with van der Waals surface area (Å²) in [6, 6.07) is 11.4. The number of amides is 2. The van der Waals surface area contributed by atoms with Crippen molar-refractivity contribution in [3.8, 4) is 0 Å². The van der Waals surface area contributed by atoms with E-state index in [1.54, 1.807) is 42.5 Å². The van der Waals surface area contributed by atoms with Crippen LogP contribution in [-0.4, -0.2) is 6.03 Å². The van der Waals surface area contributed by atoms with E-state index in [-0.39, 0.29) is 0 Å². The molecule has 0 unspecified atom stereocenters. The van der Waals surface area contributed by atoms with Gasteiger partial charge in [0.25, 0.3) is 0 Å². The van der Waals surface area contributed by atoms with Gasteiger partial charge in [0.2, 0.25) is 0 Å². The Balaban J connectivity index is 2.08. The standard InChI is InChI=1S/C13H11Cl2N3O/c14-8-5-6-12(10(16)7-8)18-13(19)17-11-4-2-1-3-9(11)15/h1-7H,16H2,(H2,17,18,19). The highest BCUT2D eigenvalue weighted by Crippen LogP contribution is 2.24. The average Bonchev–Trinajstić information content (AvgIpc) is 2.36. The van der Waals surface area contributed by atoms with E-state index in [2.05, 4.69) is 10.6 Å². The highest BCUT2D eigenvalue weighted by molar-refractivity contribution is 6.33. The molecule has 0 radical (unpaired) electrons. The molecule has 2 aromatic carbocycles. The van der Waals surface area contributed by atoms with Crippen molar-refractivity contribution < 1.29 is 4.79 Å². The van der Waals surface area contributed by atoms with Gasteiger partial charge in [-0.1, -0.05) is 35.3 Å². The molecule has 0 bridgehead atoms. The lowest BCUT2D eigenvalue weighted by Gasteiger charge is -2.10. The summed E-state index contributed by atoms with van der Waals surface area (Å²) in [5.74, 6) is 0. The van der Waals surface area contributed by atoms with Crippen LogP contribution in [0.4, 0.5) is 21.9 Å². The first-order chi connectivity index (χ1) is 9.06. The Kier molecular flexibility index (Phi) is 4.14. The van der Waals surface area contributed by atoms with Crippen LogP contribution in [0.15, 0.2) is 42.5 Å². The number of benzene rings is 2. The number of anilines is 3. The van der Waals surface area contributed by atoms with Gasteiger partial charge in [-0.2, -0.15) is 0 Å². The van der Waals surface area contributed by atoms with E-state index in [9.17, 15) is 4.79 Å². The monoisotopic (exact) mass is 295 g/mol. The number of rotatable bonds is 2. The number of carbonyl (C=O) groups excluding carboxylic acids is 1. The lowest BCUT2D eigenvalue weighted by molar-refractivity contribution is 0.262. The van der Waals surface area contributed by atoms with Gasteiger partial charge in [0.1, 0.15) is 0 Å². The second-order valence-corrected chi connectivity index (χ2v) is 4.63. The minimum absolute atomic E-state index is 0.391. The molecule has 0 aliphatic carbocycles. The quantitative estimate of drug-likeness (QED) is 0.726. The zero-order valence-electron chi connectivity index (χ0n) is 9.78. The number of urea groups is 1. The van der Waals surface area contributed by atoms with Gasteiger partial charge < -0.3 is 16.4 Å². The molecule has 0 atom stereocenters. The first-order valence-corrected chi connectivity index (χ1v) is 6.19. The smallest absolute Gasteiger partial charge is 0.323 e. The first-order valence-electron chi connectivity index (χ1n) is 5.44. The van der Waals surface area contributed by atoms with Crippen LogP contribution in [0.5, 0.6) is 0 Å². The van der Waals surface area contributed by atoms with Crippen molar-refractivity contribution in [2.75, 3.05) is 16.4 Å². The third-order valence-electron chi connectivity index (χ3n) is 2.38. The normalized spacial score (nSPS) is 10.0. The largest absolute Gasteiger partial charge is 0.397 e. The van der Waals surface area contributed by atoms with Crippen molar-refractivity contribution in [1.29, 1.82) is 0 Å². The molecule has 19 heavy (non-hydrogen) atoms. The number of hydrogen-bond donors (Lipinski definition) is 3. The summed E-state index contributed by atoms with van der Waals surface area (Å²) >= 11 is 11.7. The molecule has 2 aromatic rings. The third kappa shape index (κ3) is 3.53. The average molecular weight is 296 g/mol. The summed E-state index contributed by atoms with van der Waals surface area (Å²) in [6.45, 7) is 0. The minimum atomic E-state index is -0.429. The predicted octanol–water partition coefficient (Wildman–Crippen LogP) is 4.22. The highest BCUT2D eigenvalue weighted by atomic mass is 35.5. The Morgan fingerprint density at radius 2 is 1.68 bits per heavy atom. The van der Waals surface area contributed by atoms with Gasteiger partial charge in [0.15, 0.2) is 0 Å². The van der Waals surface area contributed by atoms with E-state index >= 15 is 0 Å². The molecule has 0 aliphatic heterocycles. The number of halogens is 2. The molecular formula is C13H11Cl2N3O. The Labute approximate surface area is 120 Å². The maximum Gasteiger partial charge on any atom is 0.323 e. The molecule has 0 aromatic heterocycles. The molecule has 2 amide bonds. The molecule has 0 spiro atoms. The second kappa shape index (κ2) is 5.82. The molecule has 98 valence electrons. The molecule has 6 heteroatoms. The van der Waals surface area contributed by atoms with Crippen LogP contribution in [-0.2, 0) is 0 Å². The highest BCUT2D eigenvalue weighted by Gasteiger charge is 2.07. The number of carbonyl (C=O) groups is 1. The van der Waals surface area contributed by atoms with Crippen molar-refractivity contribution in [3.63, 3.8) is 0 Å². The summed E-state index contributed by atoms with van der Waals surface area (Å²) < 4.78 is 0. The van der Waals surface area contributed by atoms with E-state index in [0.717, 1.165) is 0 Å². The van der Waals surface area contributed by atoms with Crippen molar-refractivity contribution in [1.82, 2.24) is 0 Å². The Morgan fingerprint density at radius 1 is 1.00 bits per heavy atom. The van der Waals surface area contributed by atoms with E-state index in [1.807, 2.05) is 0 Å². The van der Waals surface area contributed by atoms with E-state index in [1.165, 1.54) is 0 Å².